The molecule has 3 heteroatoms. The molecule has 0 saturated carbocycles. The van der Waals surface area contributed by atoms with Crippen molar-refractivity contribution in [2.45, 2.75) is 0 Å². The van der Waals surface area contributed by atoms with Gasteiger partial charge in [-0.3, -0.25) is 0 Å². The maximum absolute atomic E-state index is 5.38. The van der Waals surface area contributed by atoms with E-state index >= 15 is 0 Å². The molecular weight excluding hydrogens is 230 g/mol. The Hall–Kier alpha value is -1.87. The molecule has 0 atom stereocenters. The Bertz CT molecular complexity index is 761. The first kappa shape index (κ1) is 10.3. The topological polar surface area (TPSA) is 25.0 Å². The molecule has 0 amide bonds. The molecule has 1 aromatic heterocycles. The Morgan fingerprint density at radius 1 is 1.00 bits per heavy atom. The number of aromatic amines is 1. The van der Waals surface area contributed by atoms with Gasteiger partial charge in [-0.2, -0.15) is 0 Å². The van der Waals surface area contributed by atoms with Crippen LogP contribution in [0.1, 0.15) is 0 Å². The zero-order chi connectivity index (χ0) is 11.8. The summed E-state index contributed by atoms with van der Waals surface area (Å²) in [5.74, 6) is 0.826. The SMILES string of the molecule is COc1ccc2c(c1)c(=S)[nH]c1ccccc12. The van der Waals surface area contributed by atoms with Crippen molar-refractivity contribution in [2.24, 2.45) is 0 Å². The monoisotopic (exact) mass is 241 g/mol. The normalized spacial score (nSPS) is 10.9. The molecule has 0 aliphatic rings. The van der Waals surface area contributed by atoms with Crippen molar-refractivity contribution in [3.8, 4) is 5.75 Å². The van der Waals surface area contributed by atoms with Crippen molar-refractivity contribution < 1.29 is 4.74 Å². The van der Waals surface area contributed by atoms with Gasteiger partial charge in [-0.15, -0.1) is 0 Å². The van der Waals surface area contributed by atoms with Crippen LogP contribution in [0.5, 0.6) is 5.75 Å². The molecule has 84 valence electrons. The average molecular weight is 241 g/mol. The van der Waals surface area contributed by atoms with Crippen LogP contribution >= 0.6 is 12.2 Å². The number of fused-ring (bicyclic) bond motifs is 3. The zero-order valence-electron chi connectivity index (χ0n) is 9.36. The third-order valence-electron chi connectivity index (χ3n) is 2.94. The molecule has 2 aromatic carbocycles. The molecule has 0 saturated heterocycles. The van der Waals surface area contributed by atoms with Gasteiger partial charge in [-0.25, -0.2) is 0 Å². The maximum Gasteiger partial charge on any atom is 0.119 e. The molecular formula is C14H11NOS. The van der Waals surface area contributed by atoms with Gasteiger partial charge in [-0.05, 0) is 29.7 Å². The fourth-order valence-corrected chi connectivity index (χ4v) is 2.37. The summed E-state index contributed by atoms with van der Waals surface area (Å²) in [7, 11) is 1.66. The summed E-state index contributed by atoms with van der Waals surface area (Å²) in [5, 5.41) is 3.36. The molecule has 0 radical (unpaired) electrons. The zero-order valence-corrected chi connectivity index (χ0v) is 10.2. The van der Waals surface area contributed by atoms with Gasteiger partial charge >= 0.3 is 0 Å². The number of hydrogen-bond acceptors (Lipinski definition) is 2. The van der Waals surface area contributed by atoms with E-state index in [-0.39, 0.29) is 0 Å². The highest BCUT2D eigenvalue weighted by molar-refractivity contribution is 7.71. The van der Waals surface area contributed by atoms with Crippen LogP contribution in [-0.4, -0.2) is 12.1 Å². The molecule has 1 N–H and O–H groups in total. The average Bonchev–Trinajstić information content (AvgIpc) is 2.38. The highest BCUT2D eigenvalue weighted by Gasteiger charge is 2.03. The van der Waals surface area contributed by atoms with Crippen LogP contribution in [0.4, 0.5) is 0 Å². The number of para-hydroxylation sites is 1. The first-order valence-electron chi connectivity index (χ1n) is 5.38. The predicted octanol–water partition coefficient (Wildman–Crippen LogP) is 4.06. The quantitative estimate of drug-likeness (QED) is 0.513. The Morgan fingerprint density at radius 3 is 2.65 bits per heavy atom. The van der Waals surface area contributed by atoms with Crippen LogP contribution in [0.2, 0.25) is 0 Å². The van der Waals surface area contributed by atoms with E-state index in [1.165, 1.54) is 5.39 Å². The second-order valence-electron chi connectivity index (χ2n) is 3.91. The summed E-state index contributed by atoms with van der Waals surface area (Å²) >= 11 is 5.38. The van der Waals surface area contributed by atoms with Crippen LogP contribution in [0.3, 0.4) is 0 Å². The first-order valence-corrected chi connectivity index (χ1v) is 5.79. The molecule has 0 unspecified atom stereocenters. The maximum atomic E-state index is 5.38. The van der Waals surface area contributed by atoms with Gasteiger partial charge in [0, 0.05) is 16.3 Å². The van der Waals surface area contributed by atoms with Gasteiger partial charge in [0.05, 0.1) is 7.11 Å². The first-order chi connectivity index (χ1) is 8.29. The number of methoxy groups -OCH3 is 1. The van der Waals surface area contributed by atoms with Crippen LogP contribution < -0.4 is 4.74 Å². The number of nitrogens with one attached hydrogen (secondary N) is 1. The smallest absolute Gasteiger partial charge is 0.119 e. The second-order valence-corrected chi connectivity index (χ2v) is 4.32. The minimum atomic E-state index is 0.748. The third kappa shape index (κ3) is 1.59. The van der Waals surface area contributed by atoms with Crippen molar-refractivity contribution in [1.82, 2.24) is 4.98 Å². The molecule has 17 heavy (non-hydrogen) atoms. The highest BCUT2D eigenvalue weighted by Crippen LogP contribution is 2.27. The van der Waals surface area contributed by atoms with Gasteiger partial charge in [0.2, 0.25) is 0 Å². The van der Waals surface area contributed by atoms with E-state index in [2.05, 4.69) is 17.1 Å². The predicted molar refractivity (Wildman–Crippen MR) is 73.2 cm³/mol. The van der Waals surface area contributed by atoms with Crippen LogP contribution in [-0.2, 0) is 0 Å². The lowest BCUT2D eigenvalue weighted by molar-refractivity contribution is 0.415. The Balaban J connectivity index is 2.54. The molecule has 3 rings (SSSR count). The summed E-state index contributed by atoms with van der Waals surface area (Å²) in [5.41, 5.74) is 1.06. The molecule has 0 bridgehead atoms. The number of pyridine rings is 1. The Labute approximate surface area is 104 Å². The minimum absolute atomic E-state index is 0.748. The van der Waals surface area contributed by atoms with E-state index in [1.807, 2.05) is 30.3 Å². The van der Waals surface area contributed by atoms with E-state index < -0.39 is 0 Å². The summed E-state index contributed by atoms with van der Waals surface area (Å²) in [6.07, 6.45) is 0. The Kier molecular flexibility index (Phi) is 2.34. The summed E-state index contributed by atoms with van der Waals surface area (Å²) in [6.45, 7) is 0. The van der Waals surface area contributed by atoms with E-state index in [4.69, 9.17) is 17.0 Å². The van der Waals surface area contributed by atoms with Crippen LogP contribution in [0.15, 0.2) is 42.5 Å². The van der Waals surface area contributed by atoms with Crippen LogP contribution in [0.25, 0.3) is 21.7 Å². The molecule has 0 fully saturated rings. The molecule has 2 nitrogen and oxygen atoms in total. The lowest BCUT2D eigenvalue weighted by Crippen LogP contribution is -1.86. The van der Waals surface area contributed by atoms with E-state index in [1.54, 1.807) is 7.11 Å². The summed E-state index contributed by atoms with van der Waals surface area (Å²) < 4.78 is 5.98. The van der Waals surface area contributed by atoms with E-state index in [9.17, 15) is 0 Å². The molecule has 3 aromatic rings. The number of aromatic nitrogens is 1. The fraction of sp³-hybridized carbons (Fsp3) is 0.0714. The fourth-order valence-electron chi connectivity index (χ4n) is 2.09. The lowest BCUT2D eigenvalue weighted by Gasteiger charge is -2.06. The van der Waals surface area contributed by atoms with Gasteiger partial charge in [0.15, 0.2) is 0 Å². The number of benzene rings is 2. The summed E-state index contributed by atoms with van der Waals surface area (Å²) in [4.78, 5) is 3.24. The number of ether oxygens (including phenoxy) is 1. The molecule has 0 aliphatic heterocycles. The Morgan fingerprint density at radius 2 is 1.82 bits per heavy atom. The van der Waals surface area contributed by atoms with Gasteiger partial charge < -0.3 is 9.72 Å². The van der Waals surface area contributed by atoms with Crippen molar-refractivity contribution in [3.05, 3.63) is 47.1 Å². The number of hydrogen-bond donors (Lipinski definition) is 1. The van der Waals surface area contributed by atoms with E-state index in [0.717, 1.165) is 26.7 Å². The lowest BCUT2D eigenvalue weighted by atomic mass is 10.1. The van der Waals surface area contributed by atoms with Gasteiger partial charge in [-0.1, -0.05) is 30.4 Å². The van der Waals surface area contributed by atoms with Crippen molar-refractivity contribution >= 4 is 33.9 Å². The molecule has 0 aliphatic carbocycles. The summed E-state index contributed by atoms with van der Waals surface area (Å²) in [6, 6.07) is 14.2. The van der Waals surface area contributed by atoms with Crippen LogP contribution in [0, 0.1) is 4.64 Å². The standard InChI is InChI=1S/C14H11NOS/c1-16-9-6-7-10-11-4-2-3-5-13(11)15-14(17)12(10)8-9/h2-8H,1H3,(H,15,17). The number of rotatable bonds is 1. The third-order valence-corrected chi connectivity index (χ3v) is 3.26. The van der Waals surface area contributed by atoms with E-state index in [0.29, 0.717) is 0 Å². The van der Waals surface area contributed by atoms with Crippen molar-refractivity contribution in [2.75, 3.05) is 7.11 Å². The van der Waals surface area contributed by atoms with Crippen molar-refractivity contribution in [1.29, 1.82) is 0 Å². The van der Waals surface area contributed by atoms with Gasteiger partial charge in [0.25, 0.3) is 0 Å². The van der Waals surface area contributed by atoms with Gasteiger partial charge in [0.1, 0.15) is 10.4 Å². The number of H-pyrrole nitrogens is 1. The highest BCUT2D eigenvalue weighted by atomic mass is 32.1. The molecule has 1 heterocycles. The van der Waals surface area contributed by atoms with Crippen molar-refractivity contribution in [3.63, 3.8) is 0 Å². The largest absolute Gasteiger partial charge is 0.497 e. The minimum Gasteiger partial charge on any atom is -0.497 e. The molecule has 0 spiro atoms. The second kappa shape index (κ2) is 3.86.